The Labute approximate surface area is 143 Å². The number of carbonyl (C=O) groups excluding carboxylic acids is 1. The number of rotatable bonds is 9. The number of amides is 1. The number of hydrogen-bond acceptors (Lipinski definition) is 4. The summed E-state index contributed by atoms with van der Waals surface area (Å²) in [6.07, 6.45) is 4.33. The van der Waals surface area contributed by atoms with Gasteiger partial charge < -0.3 is 10.6 Å². The number of benzene rings is 1. The summed E-state index contributed by atoms with van der Waals surface area (Å²) in [4.78, 5) is 23.0. The third kappa shape index (κ3) is 4.78. The molecule has 0 atom stereocenters. The van der Waals surface area contributed by atoms with Crippen LogP contribution >= 0.6 is 0 Å². The number of anilines is 1. The van der Waals surface area contributed by atoms with E-state index in [1.807, 2.05) is 30.3 Å². The molecule has 0 spiro atoms. The van der Waals surface area contributed by atoms with Crippen LogP contribution < -0.4 is 10.6 Å². The predicted octanol–water partition coefficient (Wildman–Crippen LogP) is 3.65. The Bertz CT molecular complexity index is 650. The van der Waals surface area contributed by atoms with Crippen LogP contribution in [0.15, 0.2) is 36.4 Å². The summed E-state index contributed by atoms with van der Waals surface area (Å²) < 4.78 is 0. The van der Waals surface area contributed by atoms with Gasteiger partial charge in [-0.3, -0.25) is 4.79 Å². The van der Waals surface area contributed by atoms with Gasteiger partial charge in [0, 0.05) is 18.7 Å². The van der Waals surface area contributed by atoms with Crippen molar-refractivity contribution in [2.45, 2.75) is 39.5 Å². The van der Waals surface area contributed by atoms with Gasteiger partial charge in [-0.2, -0.15) is 0 Å². The smallest absolute Gasteiger partial charge is 0.267 e. The molecule has 1 aromatic carbocycles. The second kappa shape index (κ2) is 9.01. The summed E-state index contributed by atoms with van der Waals surface area (Å²) in [5.74, 6) is 0.0637. The summed E-state index contributed by atoms with van der Waals surface area (Å²) in [5, 5.41) is 0. The number of nitrogens with two attached hydrogens (primary N) is 1. The number of hydrogen-bond donors (Lipinski definition) is 1. The number of unbranched alkanes of at least 4 members (excludes halogenated alkanes) is 2. The molecule has 0 saturated heterocycles. The maximum atomic E-state index is 11.7. The molecule has 1 amide bonds. The molecule has 0 fully saturated rings. The van der Waals surface area contributed by atoms with Crippen molar-refractivity contribution in [3.63, 3.8) is 0 Å². The Hall–Kier alpha value is -2.43. The second-order valence-corrected chi connectivity index (χ2v) is 5.86. The van der Waals surface area contributed by atoms with Crippen LogP contribution in [0.25, 0.3) is 11.3 Å². The molecule has 0 saturated carbocycles. The van der Waals surface area contributed by atoms with Crippen molar-refractivity contribution in [3.8, 4) is 11.3 Å². The first-order valence-corrected chi connectivity index (χ1v) is 8.65. The third-order valence-corrected chi connectivity index (χ3v) is 3.88. The molecule has 2 aromatic rings. The van der Waals surface area contributed by atoms with Gasteiger partial charge in [0.05, 0.1) is 5.69 Å². The molecule has 2 N–H and O–H groups in total. The van der Waals surface area contributed by atoms with Crippen molar-refractivity contribution in [3.05, 3.63) is 42.1 Å². The van der Waals surface area contributed by atoms with Gasteiger partial charge in [0.1, 0.15) is 5.69 Å². The average Bonchev–Trinajstić information content (AvgIpc) is 2.62. The van der Waals surface area contributed by atoms with Crippen molar-refractivity contribution < 1.29 is 4.79 Å². The van der Waals surface area contributed by atoms with E-state index in [1.165, 1.54) is 0 Å². The molecule has 0 radical (unpaired) electrons. The highest BCUT2D eigenvalue weighted by molar-refractivity contribution is 5.92. The first kappa shape index (κ1) is 17.9. The molecule has 0 aliphatic rings. The van der Waals surface area contributed by atoms with Crippen LogP contribution in [0.5, 0.6) is 0 Å². The Morgan fingerprint density at radius 3 is 2.21 bits per heavy atom. The molecule has 2 rings (SSSR count). The Morgan fingerprint density at radius 1 is 1.04 bits per heavy atom. The number of aromatic nitrogens is 2. The lowest BCUT2D eigenvalue weighted by Crippen LogP contribution is -2.29. The molecule has 0 aliphatic carbocycles. The maximum absolute atomic E-state index is 11.7. The van der Waals surface area contributed by atoms with E-state index in [0.717, 1.165) is 50.0 Å². The molecule has 0 bridgehead atoms. The van der Waals surface area contributed by atoms with Crippen molar-refractivity contribution in [1.82, 2.24) is 9.97 Å². The van der Waals surface area contributed by atoms with E-state index < -0.39 is 5.91 Å². The molecule has 1 aromatic heterocycles. The van der Waals surface area contributed by atoms with Crippen LogP contribution in [-0.4, -0.2) is 29.0 Å². The van der Waals surface area contributed by atoms with E-state index in [-0.39, 0.29) is 5.69 Å². The molecular weight excluding hydrogens is 300 g/mol. The van der Waals surface area contributed by atoms with Crippen molar-refractivity contribution in [2.75, 3.05) is 18.0 Å². The van der Waals surface area contributed by atoms with E-state index in [2.05, 4.69) is 23.7 Å². The Morgan fingerprint density at radius 2 is 1.67 bits per heavy atom. The Balaban J connectivity index is 2.42. The summed E-state index contributed by atoms with van der Waals surface area (Å²) in [7, 11) is 0. The molecule has 24 heavy (non-hydrogen) atoms. The summed E-state index contributed by atoms with van der Waals surface area (Å²) in [5.41, 5.74) is 7.43. The summed E-state index contributed by atoms with van der Waals surface area (Å²) in [6.45, 7) is 6.09. The molecule has 5 heteroatoms. The van der Waals surface area contributed by atoms with Gasteiger partial charge in [-0.1, -0.05) is 57.0 Å². The van der Waals surface area contributed by atoms with Crippen molar-refractivity contribution in [1.29, 1.82) is 0 Å². The molecule has 0 unspecified atom stereocenters. The lowest BCUT2D eigenvalue weighted by atomic mass is 10.1. The molecule has 1 heterocycles. The largest absolute Gasteiger partial charge is 0.364 e. The van der Waals surface area contributed by atoms with E-state index in [4.69, 9.17) is 10.7 Å². The number of nitrogens with zero attached hydrogens (tertiary/aromatic N) is 3. The number of primary amides is 1. The second-order valence-electron chi connectivity index (χ2n) is 5.86. The van der Waals surface area contributed by atoms with Crippen molar-refractivity contribution >= 4 is 11.9 Å². The van der Waals surface area contributed by atoms with Crippen LogP contribution in [-0.2, 0) is 0 Å². The lowest BCUT2D eigenvalue weighted by molar-refractivity contribution is 0.0995. The lowest BCUT2D eigenvalue weighted by Gasteiger charge is -2.23. The zero-order valence-corrected chi connectivity index (χ0v) is 14.5. The van der Waals surface area contributed by atoms with Crippen LogP contribution in [0, 0.1) is 0 Å². The SMILES string of the molecule is CCCCN(CCCC)c1nc(C(N)=O)cc(-c2ccccc2)n1. The van der Waals surface area contributed by atoms with Crippen LogP contribution in [0.3, 0.4) is 0 Å². The quantitative estimate of drug-likeness (QED) is 0.763. The summed E-state index contributed by atoms with van der Waals surface area (Å²) >= 11 is 0. The first-order valence-electron chi connectivity index (χ1n) is 8.65. The van der Waals surface area contributed by atoms with Gasteiger partial charge in [0.25, 0.3) is 5.91 Å². The van der Waals surface area contributed by atoms with E-state index in [1.54, 1.807) is 6.07 Å². The average molecular weight is 326 g/mol. The van der Waals surface area contributed by atoms with Crippen molar-refractivity contribution in [2.24, 2.45) is 5.73 Å². The van der Waals surface area contributed by atoms with E-state index in [9.17, 15) is 4.79 Å². The van der Waals surface area contributed by atoms with Crippen LogP contribution in [0.1, 0.15) is 50.0 Å². The fraction of sp³-hybridized carbons (Fsp3) is 0.421. The number of carbonyl (C=O) groups is 1. The molecule has 5 nitrogen and oxygen atoms in total. The topological polar surface area (TPSA) is 72.1 Å². The molecule has 128 valence electrons. The maximum Gasteiger partial charge on any atom is 0.267 e. The summed E-state index contributed by atoms with van der Waals surface area (Å²) in [6, 6.07) is 11.5. The minimum Gasteiger partial charge on any atom is -0.364 e. The monoisotopic (exact) mass is 326 g/mol. The van der Waals surface area contributed by atoms with Gasteiger partial charge in [-0.25, -0.2) is 9.97 Å². The molecule has 0 aliphatic heterocycles. The van der Waals surface area contributed by atoms with E-state index in [0.29, 0.717) is 5.95 Å². The highest BCUT2D eigenvalue weighted by Crippen LogP contribution is 2.21. The van der Waals surface area contributed by atoms with Gasteiger partial charge in [-0.15, -0.1) is 0 Å². The zero-order chi connectivity index (χ0) is 17.4. The highest BCUT2D eigenvalue weighted by Gasteiger charge is 2.15. The third-order valence-electron chi connectivity index (χ3n) is 3.88. The van der Waals surface area contributed by atoms with Gasteiger partial charge in [-0.05, 0) is 18.9 Å². The highest BCUT2D eigenvalue weighted by atomic mass is 16.1. The van der Waals surface area contributed by atoms with Gasteiger partial charge in [0.2, 0.25) is 5.95 Å². The fourth-order valence-corrected chi connectivity index (χ4v) is 2.47. The van der Waals surface area contributed by atoms with Crippen LogP contribution in [0.4, 0.5) is 5.95 Å². The zero-order valence-electron chi connectivity index (χ0n) is 14.5. The Kier molecular flexibility index (Phi) is 6.73. The minimum atomic E-state index is -0.526. The van der Waals surface area contributed by atoms with Crippen LogP contribution in [0.2, 0.25) is 0 Å². The normalized spacial score (nSPS) is 10.6. The minimum absolute atomic E-state index is 0.261. The fourth-order valence-electron chi connectivity index (χ4n) is 2.47. The van der Waals surface area contributed by atoms with Gasteiger partial charge in [0.15, 0.2) is 0 Å². The predicted molar refractivity (Wildman–Crippen MR) is 98.0 cm³/mol. The first-order chi connectivity index (χ1) is 11.7. The molecular formula is C19H26N4O. The standard InChI is InChI=1S/C19H26N4O/c1-3-5-12-23(13-6-4-2)19-21-16(14-17(22-19)18(20)24)15-10-8-7-9-11-15/h7-11,14H,3-6,12-13H2,1-2H3,(H2,20,24). The van der Waals surface area contributed by atoms with Gasteiger partial charge >= 0.3 is 0 Å². The van der Waals surface area contributed by atoms with E-state index >= 15 is 0 Å².